The minimum atomic E-state index is -0.664. The summed E-state index contributed by atoms with van der Waals surface area (Å²) in [5, 5.41) is 5.69. The number of hydrogen-bond acceptors (Lipinski definition) is 5. The average molecular weight is 497 g/mol. The zero-order valence-corrected chi connectivity index (χ0v) is 20.6. The molecule has 0 aliphatic carbocycles. The van der Waals surface area contributed by atoms with Gasteiger partial charge in [0, 0.05) is 5.70 Å². The molecule has 2 rings (SSSR count). The summed E-state index contributed by atoms with van der Waals surface area (Å²) in [4.78, 5) is 25.5. The van der Waals surface area contributed by atoms with Gasteiger partial charge in [-0.15, -0.1) is 0 Å². The first-order chi connectivity index (χ1) is 14.8. The Morgan fingerprint density at radius 2 is 1.90 bits per heavy atom. The Balaban J connectivity index is 2.57. The summed E-state index contributed by atoms with van der Waals surface area (Å²) < 4.78 is 17.9. The second-order valence-electron chi connectivity index (χ2n) is 7.59. The smallest absolute Gasteiger partial charge is 0.338 e. The normalized spacial score (nSPS) is 16.1. The molecule has 0 saturated carbocycles. The topological polar surface area (TPSA) is 85.9 Å². The van der Waals surface area contributed by atoms with Crippen molar-refractivity contribution in [2.45, 2.75) is 72.4 Å². The van der Waals surface area contributed by atoms with E-state index in [1.807, 2.05) is 26.0 Å². The standard InChI is InChI=1S/C23H33BrN2O5/c1-6-9-10-17-19(22(27)31-14(4)5)20(26-23(28)25-17)15-12-16(24)21(30-11-7-2)18(13-15)29-8-3/h12-14,20H,6-11H2,1-5H3,(H2,25,26,28). The number of urea groups is 1. The van der Waals surface area contributed by atoms with Crippen LogP contribution in [0, 0.1) is 0 Å². The molecule has 1 aliphatic heterocycles. The Morgan fingerprint density at radius 1 is 1.16 bits per heavy atom. The van der Waals surface area contributed by atoms with Gasteiger partial charge in [-0.2, -0.15) is 0 Å². The molecule has 1 unspecified atom stereocenters. The Hall–Kier alpha value is -2.22. The third-order valence-corrected chi connectivity index (χ3v) is 5.20. The minimum absolute atomic E-state index is 0.277. The molecule has 172 valence electrons. The van der Waals surface area contributed by atoms with E-state index < -0.39 is 12.0 Å². The zero-order chi connectivity index (χ0) is 23.0. The van der Waals surface area contributed by atoms with Gasteiger partial charge in [0.2, 0.25) is 0 Å². The van der Waals surface area contributed by atoms with Crippen molar-refractivity contribution in [3.8, 4) is 11.5 Å². The molecule has 0 saturated heterocycles. The van der Waals surface area contributed by atoms with E-state index in [2.05, 4.69) is 33.5 Å². The van der Waals surface area contributed by atoms with E-state index >= 15 is 0 Å². The molecule has 1 aliphatic rings. The third kappa shape index (κ3) is 6.63. The Kier molecular flexibility index (Phi) is 9.68. The molecule has 0 fully saturated rings. The van der Waals surface area contributed by atoms with Gasteiger partial charge in [-0.25, -0.2) is 9.59 Å². The zero-order valence-electron chi connectivity index (χ0n) is 19.0. The van der Waals surface area contributed by atoms with Crippen molar-refractivity contribution >= 4 is 27.9 Å². The van der Waals surface area contributed by atoms with E-state index in [1.165, 1.54) is 0 Å². The maximum atomic E-state index is 13.0. The molecule has 31 heavy (non-hydrogen) atoms. The number of unbranched alkanes of at least 4 members (excludes halogenated alkanes) is 1. The lowest BCUT2D eigenvalue weighted by atomic mass is 9.93. The summed E-state index contributed by atoms with van der Waals surface area (Å²) in [7, 11) is 0. The quantitative estimate of drug-likeness (QED) is 0.401. The summed E-state index contributed by atoms with van der Waals surface area (Å²) >= 11 is 3.57. The van der Waals surface area contributed by atoms with Crippen LogP contribution in [0.3, 0.4) is 0 Å². The van der Waals surface area contributed by atoms with Gasteiger partial charge in [0.25, 0.3) is 0 Å². The highest BCUT2D eigenvalue weighted by atomic mass is 79.9. The van der Waals surface area contributed by atoms with Gasteiger partial charge in [0.1, 0.15) is 0 Å². The second kappa shape index (κ2) is 12.0. The lowest BCUT2D eigenvalue weighted by Crippen LogP contribution is -2.46. The van der Waals surface area contributed by atoms with Crippen LogP contribution < -0.4 is 20.1 Å². The van der Waals surface area contributed by atoms with Crippen molar-refractivity contribution < 1.29 is 23.8 Å². The lowest BCUT2D eigenvalue weighted by Gasteiger charge is -2.30. The number of esters is 1. The van der Waals surface area contributed by atoms with E-state index in [4.69, 9.17) is 14.2 Å². The number of halogens is 1. The molecule has 7 nitrogen and oxygen atoms in total. The fraction of sp³-hybridized carbons (Fsp3) is 0.565. The molecule has 1 aromatic carbocycles. The number of amides is 2. The first kappa shape index (κ1) is 25.0. The van der Waals surface area contributed by atoms with Crippen LogP contribution in [0.15, 0.2) is 27.9 Å². The summed E-state index contributed by atoms with van der Waals surface area (Å²) in [5.74, 6) is 0.716. The highest BCUT2D eigenvalue weighted by Crippen LogP contribution is 2.41. The predicted molar refractivity (Wildman–Crippen MR) is 123 cm³/mol. The van der Waals surface area contributed by atoms with Crippen LogP contribution in [0.2, 0.25) is 0 Å². The minimum Gasteiger partial charge on any atom is -0.490 e. The van der Waals surface area contributed by atoms with Gasteiger partial charge in [0.05, 0.1) is 35.4 Å². The molecule has 2 amide bonds. The molecule has 0 radical (unpaired) electrons. The van der Waals surface area contributed by atoms with E-state index in [0.717, 1.165) is 19.3 Å². The maximum absolute atomic E-state index is 13.0. The molecular formula is C23H33BrN2O5. The molecule has 0 bridgehead atoms. The third-order valence-electron chi connectivity index (χ3n) is 4.61. The number of allylic oxidation sites excluding steroid dienone is 1. The molecule has 8 heteroatoms. The van der Waals surface area contributed by atoms with Gasteiger partial charge < -0.3 is 24.8 Å². The van der Waals surface area contributed by atoms with Crippen LogP contribution in [-0.2, 0) is 9.53 Å². The van der Waals surface area contributed by atoms with Crippen LogP contribution in [0.1, 0.15) is 71.9 Å². The molecule has 0 aromatic heterocycles. The van der Waals surface area contributed by atoms with Crippen molar-refractivity contribution in [3.05, 3.63) is 33.4 Å². The van der Waals surface area contributed by atoms with Crippen molar-refractivity contribution in [3.63, 3.8) is 0 Å². The molecule has 1 atom stereocenters. The van der Waals surface area contributed by atoms with Gasteiger partial charge in [-0.05, 0) is 73.7 Å². The van der Waals surface area contributed by atoms with Crippen LogP contribution in [0.25, 0.3) is 0 Å². The fourth-order valence-electron chi connectivity index (χ4n) is 3.30. The summed E-state index contributed by atoms with van der Waals surface area (Å²) in [6, 6.07) is 2.65. The highest BCUT2D eigenvalue weighted by molar-refractivity contribution is 9.10. The van der Waals surface area contributed by atoms with Crippen LogP contribution >= 0.6 is 15.9 Å². The van der Waals surface area contributed by atoms with Crippen LogP contribution in [0.5, 0.6) is 11.5 Å². The van der Waals surface area contributed by atoms with Crippen molar-refractivity contribution in [2.75, 3.05) is 13.2 Å². The lowest BCUT2D eigenvalue weighted by molar-refractivity contribution is -0.143. The van der Waals surface area contributed by atoms with Crippen LogP contribution in [-0.4, -0.2) is 31.3 Å². The Morgan fingerprint density at radius 3 is 2.52 bits per heavy atom. The molecule has 1 heterocycles. The van der Waals surface area contributed by atoms with Crippen molar-refractivity contribution in [2.24, 2.45) is 0 Å². The number of carbonyl (C=O) groups excluding carboxylic acids is 2. The number of ether oxygens (including phenoxy) is 3. The number of hydrogen-bond donors (Lipinski definition) is 2. The average Bonchev–Trinajstić information content (AvgIpc) is 2.70. The number of benzene rings is 1. The Labute approximate surface area is 193 Å². The van der Waals surface area contributed by atoms with E-state index in [0.29, 0.717) is 52.4 Å². The van der Waals surface area contributed by atoms with E-state index in [-0.39, 0.29) is 12.1 Å². The predicted octanol–water partition coefficient (Wildman–Crippen LogP) is 5.39. The number of nitrogens with one attached hydrogen (secondary N) is 2. The summed E-state index contributed by atoms with van der Waals surface area (Å²) in [6.45, 7) is 10.6. The Bertz CT molecular complexity index is 822. The van der Waals surface area contributed by atoms with Crippen LogP contribution in [0.4, 0.5) is 4.79 Å². The molecular weight excluding hydrogens is 464 g/mol. The highest BCUT2D eigenvalue weighted by Gasteiger charge is 2.34. The van der Waals surface area contributed by atoms with E-state index in [9.17, 15) is 9.59 Å². The molecule has 2 N–H and O–H groups in total. The first-order valence-corrected chi connectivity index (χ1v) is 11.7. The molecule has 0 spiro atoms. The monoisotopic (exact) mass is 496 g/mol. The van der Waals surface area contributed by atoms with E-state index in [1.54, 1.807) is 13.8 Å². The fourth-order valence-corrected chi connectivity index (χ4v) is 3.87. The van der Waals surface area contributed by atoms with Gasteiger partial charge in [-0.3, -0.25) is 0 Å². The summed E-state index contributed by atoms with van der Waals surface area (Å²) in [6.07, 6.45) is 2.95. The van der Waals surface area contributed by atoms with Gasteiger partial charge in [-0.1, -0.05) is 20.3 Å². The summed E-state index contributed by atoms with van der Waals surface area (Å²) in [5.41, 5.74) is 1.72. The SMILES string of the molecule is CCCCC1=C(C(=O)OC(C)C)C(c2cc(Br)c(OCCC)c(OCC)c2)NC(=O)N1. The number of carbonyl (C=O) groups is 2. The molecule has 1 aromatic rings. The van der Waals surface area contributed by atoms with Crippen molar-refractivity contribution in [1.82, 2.24) is 10.6 Å². The first-order valence-electron chi connectivity index (χ1n) is 10.9. The maximum Gasteiger partial charge on any atom is 0.338 e. The largest absolute Gasteiger partial charge is 0.490 e. The second-order valence-corrected chi connectivity index (χ2v) is 8.45. The van der Waals surface area contributed by atoms with Gasteiger partial charge >= 0.3 is 12.0 Å². The number of rotatable bonds is 11. The van der Waals surface area contributed by atoms with Crippen molar-refractivity contribution in [1.29, 1.82) is 0 Å². The van der Waals surface area contributed by atoms with Gasteiger partial charge in [0.15, 0.2) is 11.5 Å².